The van der Waals surface area contributed by atoms with E-state index in [0.717, 1.165) is 11.6 Å². The van der Waals surface area contributed by atoms with E-state index in [1.54, 1.807) is 30.3 Å². The number of benzene rings is 1. The molecular weight excluding hydrogens is 260 g/mol. The number of halogens is 1. The van der Waals surface area contributed by atoms with E-state index in [9.17, 15) is 9.59 Å². The third-order valence-corrected chi connectivity index (χ3v) is 1.88. The van der Waals surface area contributed by atoms with Crippen molar-refractivity contribution in [1.82, 2.24) is 0 Å². The molecule has 0 aliphatic heterocycles. The van der Waals surface area contributed by atoms with E-state index in [-0.39, 0.29) is 13.2 Å². The summed E-state index contributed by atoms with van der Waals surface area (Å²) >= 11 is 5.16. The van der Waals surface area contributed by atoms with Crippen LogP contribution < -0.4 is 0 Å². The monoisotopic (exact) mass is 270 g/mol. The summed E-state index contributed by atoms with van der Waals surface area (Å²) in [5, 5.41) is 0. The molecule has 0 spiro atoms. The topological polar surface area (TPSA) is 61.8 Å². The van der Waals surface area contributed by atoms with Crippen molar-refractivity contribution in [2.75, 3.05) is 13.2 Å². The summed E-state index contributed by atoms with van der Waals surface area (Å²) in [6.07, 6.45) is 1.05. The fourth-order valence-corrected chi connectivity index (χ4v) is 1.10. The minimum absolute atomic E-state index is 0.0396. The second-order valence-electron chi connectivity index (χ2n) is 3.02. The molecule has 0 saturated carbocycles. The summed E-state index contributed by atoms with van der Waals surface area (Å²) in [5.74, 6) is -1.20. The average Bonchev–Trinajstić information content (AvgIpc) is 2.39. The Labute approximate surface area is 109 Å². The van der Waals surface area contributed by atoms with Crippen LogP contribution in [0.25, 0.3) is 0 Å². The van der Waals surface area contributed by atoms with E-state index in [2.05, 4.69) is 14.5 Å². The first kappa shape index (κ1) is 14.2. The molecule has 1 aromatic carbocycles. The van der Waals surface area contributed by atoms with E-state index in [1.807, 2.05) is 0 Å². The summed E-state index contributed by atoms with van der Waals surface area (Å²) in [6.45, 7) is -0.0947. The second kappa shape index (κ2) is 8.27. The van der Waals surface area contributed by atoms with Crippen LogP contribution in [0.3, 0.4) is 0 Å². The molecule has 0 saturated heterocycles. The number of rotatable bonds is 6. The number of carbonyl (C=O) groups excluding carboxylic acids is 2. The maximum atomic E-state index is 11.4. The van der Waals surface area contributed by atoms with Crippen LogP contribution in [-0.2, 0) is 19.3 Å². The van der Waals surface area contributed by atoms with Gasteiger partial charge in [0.1, 0.15) is 13.2 Å². The van der Waals surface area contributed by atoms with E-state index >= 15 is 0 Å². The van der Waals surface area contributed by atoms with Gasteiger partial charge < -0.3 is 4.74 Å². The van der Waals surface area contributed by atoms with Crippen molar-refractivity contribution in [1.29, 1.82) is 0 Å². The van der Waals surface area contributed by atoms with Crippen LogP contribution in [0.2, 0.25) is 0 Å². The van der Waals surface area contributed by atoms with Gasteiger partial charge in [-0.1, -0.05) is 29.8 Å². The van der Waals surface area contributed by atoms with Crippen LogP contribution in [-0.4, -0.2) is 25.2 Å². The smallest absolute Gasteiger partial charge is 0.373 e. The van der Waals surface area contributed by atoms with Gasteiger partial charge in [-0.25, -0.2) is 9.59 Å². The van der Waals surface area contributed by atoms with Crippen molar-refractivity contribution in [3.63, 3.8) is 0 Å². The van der Waals surface area contributed by atoms with Crippen molar-refractivity contribution in [3.8, 4) is 0 Å². The molecule has 0 aliphatic rings. The Morgan fingerprint density at radius 2 is 1.89 bits per heavy atom. The maximum Gasteiger partial charge on any atom is 0.373 e. The highest BCUT2D eigenvalue weighted by Gasteiger charge is 2.06. The first-order valence-corrected chi connectivity index (χ1v) is 5.50. The Morgan fingerprint density at radius 1 is 1.17 bits per heavy atom. The van der Waals surface area contributed by atoms with Crippen LogP contribution in [0.15, 0.2) is 41.9 Å². The zero-order valence-corrected chi connectivity index (χ0v) is 10.1. The van der Waals surface area contributed by atoms with Gasteiger partial charge in [0.15, 0.2) is 0 Å². The lowest BCUT2D eigenvalue weighted by Crippen LogP contribution is -2.12. The second-order valence-corrected chi connectivity index (χ2v) is 3.27. The summed E-state index contributed by atoms with van der Waals surface area (Å²) < 4.78 is 4.64. The van der Waals surface area contributed by atoms with Gasteiger partial charge in [-0.3, -0.25) is 4.89 Å². The van der Waals surface area contributed by atoms with Gasteiger partial charge in [-0.05, 0) is 12.1 Å². The first-order valence-electron chi connectivity index (χ1n) is 5.06. The molecule has 0 atom stereocenters. The molecule has 0 aliphatic carbocycles. The normalized spacial score (nSPS) is 10.3. The SMILES string of the molecule is O=C(C=CCl)OCCOOC(=O)c1ccccc1. The standard InChI is InChI=1S/C12H11ClO5/c13-7-6-11(14)16-8-9-17-18-12(15)10-4-2-1-3-5-10/h1-7H,8-9H2. The third kappa shape index (κ3) is 5.47. The van der Waals surface area contributed by atoms with Gasteiger partial charge in [0.05, 0.1) is 5.56 Å². The van der Waals surface area contributed by atoms with Gasteiger partial charge in [0, 0.05) is 11.6 Å². The van der Waals surface area contributed by atoms with E-state index < -0.39 is 11.9 Å². The van der Waals surface area contributed by atoms with Crippen molar-refractivity contribution < 1.29 is 24.1 Å². The molecule has 1 rings (SSSR count). The molecule has 0 radical (unpaired) electrons. The molecule has 5 nitrogen and oxygen atoms in total. The van der Waals surface area contributed by atoms with Gasteiger partial charge in [0.25, 0.3) is 0 Å². The number of hydrogen-bond donors (Lipinski definition) is 0. The van der Waals surface area contributed by atoms with Gasteiger partial charge in [0.2, 0.25) is 0 Å². The molecule has 0 amide bonds. The molecule has 0 aromatic heterocycles. The fraction of sp³-hybridized carbons (Fsp3) is 0.167. The van der Waals surface area contributed by atoms with Crippen LogP contribution in [0.5, 0.6) is 0 Å². The minimum atomic E-state index is -0.609. The van der Waals surface area contributed by atoms with Crippen LogP contribution in [0, 0.1) is 0 Å². The molecule has 0 N–H and O–H groups in total. The molecule has 0 heterocycles. The number of carbonyl (C=O) groups is 2. The quantitative estimate of drug-likeness (QED) is 0.260. The molecule has 6 heteroatoms. The largest absolute Gasteiger partial charge is 0.460 e. The fourth-order valence-electron chi connectivity index (χ4n) is 0.993. The maximum absolute atomic E-state index is 11.4. The zero-order chi connectivity index (χ0) is 13.2. The molecule has 0 unspecified atom stereocenters. The average molecular weight is 271 g/mol. The third-order valence-electron chi connectivity index (χ3n) is 1.75. The highest BCUT2D eigenvalue weighted by Crippen LogP contribution is 2.01. The Morgan fingerprint density at radius 3 is 2.56 bits per heavy atom. The molecule has 96 valence electrons. The Bertz CT molecular complexity index is 416. The molecular formula is C12H11ClO5. The summed E-state index contributed by atoms with van der Waals surface area (Å²) in [7, 11) is 0. The van der Waals surface area contributed by atoms with Crippen molar-refractivity contribution in [2.45, 2.75) is 0 Å². The lowest BCUT2D eigenvalue weighted by molar-refractivity contribution is -0.246. The predicted molar refractivity (Wildman–Crippen MR) is 63.8 cm³/mol. The van der Waals surface area contributed by atoms with Gasteiger partial charge in [-0.15, -0.1) is 0 Å². The zero-order valence-electron chi connectivity index (χ0n) is 9.37. The molecule has 18 heavy (non-hydrogen) atoms. The number of ether oxygens (including phenoxy) is 1. The summed E-state index contributed by atoms with van der Waals surface area (Å²) in [5.41, 5.74) is 1.41. The van der Waals surface area contributed by atoms with E-state index in [0.29, 0.717) is 5.56 Å². The van der Waals surface area contributed by atoms with Crippen molar-refractivity contribution in [2.24, 2.45) is 0 Å². The van der Waals surface area contributed by atoms with E-state index in [1.165, 1.54) is 0 Å². The number of esters is 1. The van der Waals surface area contributed by atoms with Crippen molar-refractivity contribution >= 4 is 23.5 Å². The van der Waals surface area contributed by atoms with Crippen LogP contribution in [0.4, 0.5) is 0 Å². The Kier molecular flexibility index (Phi) is 6.53. The lowest BCUT2D eigenvalue weighted by Gasteiger charge is -2.03. The Hall–Kier alpha value is -1.85. The lowest BCUT2D eigenvalue weighted by atomic mass is 10.2. The highest BCUT2D eigenvalue weighted by molar-refractivity contribution is 6.26. The minimum Gasteiger partial charge on any atom is -0.460 e. The van der Waals surface area contributed by atoms with Crippen LogP contribution >= 0.6 is 11.6 Å². The summed E-state index contributed by atoms with van der Waals surface area (Å²) in [4.78, 5) is 31.3. The van der Waals surface area contributed by atoms with Gasteiger partial charge in [-0.2, -0.15) is 4.89 Å². The Balaban J connectivity index is 2.15. The molecule has 0 bridgehead atoms. The molecule has 0 fully saturated rings. The van der Waals surface area contributed by atoms with Crippen molar-refractivity contribution in [3.05, 3.63) is 47.5 Å². The predicted octanol–water partition coefficient (Wildman–Crippen LogP) is 2.07. The van der Waals surface area contributed by atoms with Crippen LogP contribution in [0.1, 0.15) is 10.4 Å². The molecule has 1 aromatic rings. The number of hydrogen-bond acceptors (Lipinski definition) is 5. The highest BCUT2D eigenvalue weighted by atomic mass is 35.5. The van der Waals surface area contributed by atoms with E-state index in [4.69, 9.17) is 11.6 Å². The van der Waals surface area contributed by atoms with Gasteiger partial charge >= 0.3 is 11.9 Å². The first-order chi connectivity index (χ1) is 8.74. The summed E-state index contributed by atoms with van der Waals surface area (Å²) in [6, 6.07) is 8.38.